The summed E-state index contributed by atoms with van der Waals surface area (Å²) in [6, 6.07) is -1.32. The van der Waals surface area contributed by atoms with E-state index in [4.69, 9.17) is 5.11 Å². The van der Waals surface area contributed by atoms with Crippen molar-refractivity contribution in [2.24, 2.45) is 0 Å². The fourth-order valence-corrected chi connectivity index (χ4v) is 2.31. The molecule has 1 aromatic heterocycles. The van der Waals surface area contributed by atoms with Crippen molar-refractivity contribution >= 4 is 23.3 Å². The first-order valence-corrected chi connectivity index (χ1v) is 7.09. The van der Waals surface area contributed by atoms with Gasteiger partial charge < -0.3 is 15.7 Å². The number of amides is 2. The van der Waals surface area contributed by atoms with Gasteiger partial charge in [0.25, 0.3) is 0 Å². The van der Waals surface area contributed by atoms with Gasteiger partial charge in [-0.3, -0.25) is 0 Å². The van der Waals surface area contributed by atoms with Crippen LogP contribution in [0.1, 0.15) is 36.6 Å². The number of nitrogens with zero attached hydrogens (tertiary/aromatic N) is 1. The van der Waals surface area contributed by atoms with Crippen LogP contribution in [0, 0.1) is 0 Å². The summed E-state index contributed by atoms with van der Waals surface area (Å²) >= 11 is 1.54. The number of rotatable bonds is 7. The molecule has 0 spiro atoms. The van der Waals surface area contributed by atoms with Crippen molar-refractivity contribution in [2.45, 2.75) is 45.7 Å². The summed E-state index contributed by atoms with van der Waals surface area (Å²) in [7, 11) is 0. The van der Waals surface area contributed by atoms with Crippen LogP contribution < -0.4 is 10.6 Å². The summed E-state index contributed by atoms with van der Waals surface area (Å²) in [6.07, 6.45) is 3.82. The fraction of sp³-hybridized carbons (Fsp3) is 0.583. The highest BCUT2D eigenvalue weighted by Gasteiger charge is 2.18. The third-order valence-corrected chi connectivity index (χ3v) is 3.67. The van der Waals surface area contributed by atoms with Gasteiger partial charge in [-0.25, -0.2) is 14.6 Å². The number of carbonyl (C=O) groups is 2. The molecule has 1 aromatic rings. The predicted molar refractivity (Wildman–Crippen MR) is 73.2 cm³/mol. The Hall–Kier alpha value is -1.63. The van der Waals surface area contributed by atoms with Gasteiger partial charge in [0.05, 0.1) is 6.54 Å². The molecule has 0 saturated carbocycles. The topological polar surface area (TPSA) is 91.3 Å². The Morgan fingerprint density at radius 3 is 2.74 bits per heavy atom. The molecule has 0 aliphatic rings. The van der Waals surface area contributed by atoms with Gasteiger partial charge in [0.1, 0.15) is 11.0 Å². The molecule has 6 nitrogen and oxygen atoms in total. The van der Waals surface area contributed by atoms with E-state index >= 15 is 0 Å². The zero-order valence-corrected chi connectivity index (χ0v) is 11.9. The van der Waals surface area contributed by atoms with E-state index in [1.807, 2.05) is 13.8 Å². The molecular formula is C12H19N3O3S. The Kier molecular flexibility index (Phi) is 6.27. The standard InChI is InChI=1S/C12H19N3O3S/c1-3-5-9(11(16)17)15-12(18)14-7-10-13-6-8(4-2)19-10/h6,9H,3-5,7H2,1-2H3,(H,16,17)(H2,14,15,18). The van der Waals surface area contributed by atoms with Crippen LogP contribution in [0.3, 0.4) is 0 Å². The molecule has 0 aromatic carbocycles. The first kappa shape index (κ1) is 15.4. The summed E-state index contributed by atoms with van der Waals surface area (Å²) in [5, 5.41) is 14.8. The van der Waals surface area contributed by atoms with Crippen LogP contribution >= 0.6 is 11.3 Å². The Morgan fingerprint density at radius 1 is 1.47 bits per heavy atom. The number of thiazole rings is 1. The maximum absolute atomic E-state index is 11.6. The van der Waals surface area contributed by atoms with Crippen LogP contribution in [0.5, 0.6) is 0 Å². The van der Waals surface area contributed by atoms with Crippen molar-refractivity contribution in [1.82, 2.24) is 15.6 Å². The van der Waals surface area contributed by atoms with Crippen LogP contribution in [-0.2, 0) is 17.8 Å². The second kappa shape index (κ2) is 7.73. The van der Waals surface area contributed by atoms with Gasteiger partial charge in [0, 0.05) is 11.1 Å². The number of hydrogen-bond acceptors (Lipinski definition) is 4. The van der Waals surface area contributed by atoms with Crippen molar-refractivity contribution < 1.29 is 14.7 Å². The van der Waals surface area contributed by atoms with E-state index in [1.165, 1.54) is 0 Å². The van der Waals surface area contributed by atoms with Gasteiger partial charge in [0.15, 0.2) is 0 Å². The molecule has 2 amide bonds. The number of aryl methyl sites for hydroxylation is 1. The zero-order chi connectivity index (χ0) is 14.3. The molecule has 0 fully saturated rings. The fourth-order valence-electron chi connectivity index (χ4n) is 1.50. The lowest BCUT2D eigenvalue weighted by molar-refractivity contribution is -0.139. The van der Waals surface area contributed by atoms with E-state index in [-0.39, 0.29) is 0 Å². The van der Waals surface area contributed by atoms with Crippen molar-refractivity contribution in [3.63, 3.8) is 0 Å². The van der Waals surface area contributed by atoms with Crippen LogP contribution in [-0.4, -0.2) is 28.1 Å². The van der Waals surface area contributed by atoms with Crippen molar-refractivity contribution in [3.05, 3.63) is 16.1 Å². The lowest BCUT2D eigenvalue weighted by atomic mass is 10.2. The molecule has 7 heteroatoms. The summed E-state index contributed by atoms with van der Waals surface area (Å²) in [5.74, 6) is -1.01. The highest BCUT2D eigenvalue weighted by Crippen LogP contribution is 2.12. The molecule has 3 N–H and O–H groups in total. The van der Waals surface area contributed by atoms with Gasteiger partial charge in [-0.2, -0.15) is 0 Å². The van der Waals surface area contributed by atoms with Crippen molar-refractivity contribution in [2.75, 3.05) is 0 Å². The lowest BCUT2D eigenvalue weighted by Crippen LogP contribution is -2.45. The number of carbonyl (C=O) groups excluding carboxylic acids is 1. The monoisotopic (exact) mass is 285 g/mol. The summed E-state index contributed by atoms with van der Waals surface area (Å²) in [5.41, 5.74) is 0. The Morgan fingerprint density at radius 2 is 2.21 bits per heavy atom. The van der Waals surface area contributed by atoms with E-state index in [9.17, 15) is 9.59 Å². The minimum absolute atomic E-state index is 0.314. The number of urea groups is 1. The molecule has 0 aliphatic heterocycles. The lowest BCUT2D eigenvalue weighted by Gasteiger charge is -2.13. The SMILES string of the molecule is CCCC(NC(=O)NCc1ncc(CC)s1)C(=O)O. The quantitative estimate of drug-likeness (QED) is 0.712. The molecule has 106 valence electrons. The number of nitrogens with one attached hydrogen (secondary N) is 2. The molecule has 1 atom stereocenters. The van der Waals surface area contributed by atoms with E-state index < -0.39 is 18.0 Å². The van der Waals surface area contributed by atoms with Gasteiger partial charge >= 0.3 is 12.0 Å². The smallest absolute Gasteiger partial charge is 0.326 e. The Bertz CT molecular complexity index is 434. The first-order chi connectivity index (χ1) is 9.06. The average molecular weight is 285 g/mol. The molecule has 0 radical (unpaired) electrons. The summed E-state index contributed by atoms with van der Waals surface area (Å²) in [6.45, 7) is 4.23. The maximum atomic E-state index is 11.6. The number of carboxylic acids is 1. The van der Waals surface area contributed by atoms with Gasteiger partial charge in [0.2, 0.25) is 0 Å². The number of aliphatic carboxylic acids is 1. The van der Waals surface area contributed by atoms with Crippen molar-refractivity contribution in [3.8, 4) is 0 Å². The largest absolute Gasteiger partial charge is 0.480 e. The van der Waals surface area contributed by atoms with Crippen LogP contribution in [0.25, 0.3) is 0 Å². The number of carboxylic acid groups (broad SMARTS) is 1. The van der Waals surface area contributed by atoms with E-state index in [0.717, 1.165) is 16.3 Å². The van der Waals surface area contributed by atoms with E-state index in [1.54, 1.807) is 17.5 Å². The van der Waals surface area contributed by atoms with Crippen LogP contribution in [0.15, 0.2) is 6.20 Å². The number of hydrogen-bond donors (Lipinski definition) is 3. The number of aromatic nitrogens is 1. The van der Waals surface area contributed by atoms with E-state index in [0.29, 0.717) is 19.4 Å². The minimum Gasteiger partial charge on any atom is -0.480 e. The summed E-state index contributed by atoms with van der Waals surface area (Å²) in [4.78, 5) is 27.8. The molecule has 0 bridgehead atoms. The highest BCUT2D eigenvalue weighted by molar-refractivity contribution is 7.11. The highest BCUT2D eigenvalue weighted by atomic mass is 32.1. The molecule has 1 heterocycles. The van der Waals surface area contributed by atoms with Gasteiger partial charge in [-0.15, -0.1) is 11.3 Å². The predicted octanol–water partition coefficient (Wildman–Crippen LogP) is 1.76. The second-order valence-electron chi connectivity index (χ2n) is 4.08. The normalized spacial score (nSPS) is 11.9. The molecule has 0 saturated heterocycles. The van der Waals surface area contributed by atoms with Crippen LogP contribution in [0.2, 0.25) is 0 Å². The molecule has 1 unspecified atom stereocenters. The maximum Gasteiger partial charge on any atom is 0.326 e. The third-order valence-electron chi connectivity index (χ3n) is 2.53. The van der Waals surface area contributed by atoms with E-state index in [2.05, 4.69) is 15.6 Å². The molecule has 0 aliphatic carbocycles. The first-order valence-electron chi connectivity index (χ1n) is 6.27. The van der Waals surface area contributed by atoms with Crippen molar-refractivity contribution in [1.29, 1.82) is 0 Å². The minimum atomic E-state index is -1.01. The molecule has 19 heavy (non-hydrogen) atoms. The van der Waals surface area contributed by atoms with Gasteiger partial charge in [-0.1, -0.05) is 20.3 Å². The molecular weight excluding hydrogens is 266 g/mol. The Balaban J connectivity index is 2.40. The zero-order valence-electron chi connectivity index (χ0n) is 11.1. The average Bonchev–Trinajstić information content (AvgIpc) is 2.83. The second-order valence-corrected chi connectivity index (χ2v) is 5.28. The van der Waals surface area contributed by atoms with Gasteiger partial charge in [-0.05, 0) is 12.8 Å². The van der Waals surface area contributed by atoms with Crippen LogP contribution in [0.4, 0.5) is 4.79 Å². The Labute approximate surface area is 116 Å². The third kappa shape index (κ3) is 5.25. The summed E-state index contributed by atoms with van der Waals surface area (Å²) < 4.78 is 0. The molecule has 1 rings (SSSR count).